The molecule has 5 heteroatoms. The van der Waals surface area contributed by atoms with Crippen molar-refractivity contribution in [3.05, 3.63) is 34.3 Å². The summed E-state index contributed by atoms with van der Waals surface area (Å²) in [5.41, 5.74) is 2.26. The molecule has 0 aliphatic rings. The van der Waals surface area contributed by atoms with Gasteiger partial charge in [0.1, 0.15) is 11.1 Å². The van der Waals surface area contributed by atoms with Crippen LogP contribution in [0.2, 0.25) is 0 Å². The van der Waals surface area contributed by atoms with Crippen molar-refractivity contribution < 1.29 is 4.74 Å². The van der Waals surface area contributed by atoms with Crippen LogP contribution in [-0.4, -0.2) is 21.1 Å². The van der Waals surface area contributed by atoms with Gasteiger partial charge in [-0.25, -0.2) is 9.97 Å². The maximum atomic E-state index is 5.83. The fourth-order valence-corrected chi connectivity index (χ4v) is 2.82. The van der Waals surface area contributed by atoms with Crippen molar-refractivity contribution in [1.82, 2.24) is 14.5 Å². The van der Waals surface area contributed by atoms with Gasteiger partial charge in [0, 0.05) is 23.6 Å². The molecule has 0 radical (unpaired) electrons. The van der Waals surface area contributed by atoms with Crippen molar-refractivity contribution >= 4 is 11.3 Å². The van der Waals surface area contributed by atoms with Gasteiger partial charge in [-0.15, -0.1) is 11.3 Å². The van der Waals surface area contributed by atoms with Gasteiger partial charge in [0.2, 0.25) is 0 Å². The fourth-order valence-electron chi connectivity index (χ4n) is 2.01. The van der Waals surface area contributed by atoms with Gasteiger partial charge in [0.05, 0.1) is 24.3 Å². The maximum Gasteiger partial charge on any atom is 0.122 e. The van der Waals surface area contributed by atoms with Gasteiger partial charge in [0.15, 0.2) is 0 Å². The number of imidazole rings is 1. The number of thiazole rings is 1. The van der Waals surface area contributed by atoms with E-state index in [1.54, 1.807) is 11.3 Å². The van der Waals surface area contributed by atoms with Crippen LogP contribution in [-0.2, 0) is 16.7 Å². The van der Waals surface area contributed by atoms with Crippen molar-refractivity contribution in [3.63, 3.8) is 0 Å². The van der Waals surface area contributed by atoms with E-state index < -0.39 is 0 Å². The monoisotopic (exact) mass is 321 g/mol. The highest BCUT2D eigenvalue weighted by molar-refractivity contribution is 7.09. The molecule has 0 aliphatic carbocycles. The maximum absolute atomic E-state index is 5.83. The topological polar surface area (TPSA) is 39.9 Å². The Morgan fingerprint density at radius 2 is 2.00 bits per heavy atom. The number of aromatic nitrogens is 3. The van der Waals surface area contributed by atoms with Gasteiger partial charge in [-0.05, 0) is 12.8 Å². The quantitative estimate of drug-likeness (QED) is 0.790. The molecule has 2 heterocycles. The first-order valence-corrected chi connectivity index (χ1v) is 8.72. The minimum Gasteiger partial charge on any atom is -0.371 e. The van der Waals surface area contributed by atoms with E-state index in [9.17, 15) is 0 Å². The third kappa shape index (κ3) is 4.65. The minimum absolute atomic E-state index is 0.0640. The summed E-state index contributed by atoms with van der Waals surface area (Å²) in [5, 5.41) is 3.16. The molecule has 22 heavy (non-hydrogen) atoms. The SMILES string of the molecule is CC(C)COC(C)c1nc(Cn2cnc(C(C)(C)C)c2)cs1. The Morgan fingerprint density at radius 3 is 2.59 bits per heavy atom. The highest BCUT2D eigenvalue weighted by atomic mass is 32.1. The molecule has 0 aliphatic heterocycles. The highest BCUT2D eigenvalue weighted by Crippen LogP contribution is 2.23. The zero-order valence-corrected chi connectivity index (χ0v) is 15.3. The normalized spacial score (nSPS) is 13.8. The minimum atomic E-state index is 0.0640. The van der Waals surface area contributed by atoms with Crippen molar-refractivity contribution in [2.24, 2.45) is 5.92 Å². The third-order valence-electron chi connectivity index (χ3n) is 3.34. The smallest absolute Gasteiger partial charge is 0.122 e. The van der Waals surface area contributed by atoms with E-state index in [4.69, 9.17) is 9.72 Å². The number of nitrogens with zero attached hydrogens (tertiary/aromatic N) is 3. The van der Waals surface area contributed by atoms with Crippen LogP contribution in [0.15, 0.2) is 17.9 Å². The first-order valence-electron chi connectivity index (χ1n) is 7.84. The summed E-state index contributed by atoms with van der Waals surface area (Å²) in [6.45, 7) is 14.4. The molecule has 0 aromatic carbocycles. The lowest BCUT2D eigenvalue weighted by Gasteiger charge is -2.14. The molecule has 0 spiro atoms. The van der Waals surface area contributed by atoms with E-state index in [-0.39, 0.29) is 11.5 Å². The molecule has 4 nitrogen and oxygen atoms in total. The summed E-state index contributed by atoms with van der Waals surface area (Å²) in [6, 6.07) is 0. The molecule has 2 aromatic rings. The van der Waals surface area contributed by atoms with Crippen molar-refractivity contribution in [1.29, 1.82) is 0 Å². The average molecular weight is 321 g/mol. The molecule has 0 fully saturated rings. The molecule has 1 atom stereocenters. The van der Waals surface area contributed by atoms with Crippen LogP contribution in [0, 0.1) is 5.92 Å². The summed E-state index contributed by atoms with van der Waals surface area (Å²) < 4.78 is 7.93. The molecule has 2 rings (SSSR count). The van der Waals surface area contributed by atoms with Crippen LogP contribution in [0.1, 0.15) is 64.0 Å². The Bertz CT molecular complexity index is 595. The van der Waals surface area contributed by atoms with Gasteiger partial charge in [-0.1, -0.05) is 34.6 Å². The summed E-state index contributed by atoms with van der Waals surface area (Å²) in [5.74, 6) is 0.545. The van der Waals surface area contributed by atoms with Crippen molar-refractivity contribution in [2.45, 2.75) is 59.6 Å². The molecule has 2 aromatic heterocycles. The van der Waals surface area contributed by atoms with E-state index in [2.05, 4.69) is 62.7 Å². The first kappa shape index (κ1) is 17.2. The Balaban J connectivity index is 1.98. The second kappa shape index (κ2) is 6.92. The van der Waals surface area contributed by atoms with Crippen LogP contribution >= 0.6 is 11.3 Å². The van der Waals surface area contributed by atoms with Gasteiger partial charge in [-0.3, -0.25) is 0 Å². The van der Waals surface area contributed by atoms with Crippen LogP contribution in [0.5, 0.6) is 0 Å². The number of rotatable bonds is 6. The van der Waals surface area contributed by atoms with E-state index >= 15 is 0 Å². The van der Waals surface area contributed by atoms with E-state index in [1.807, 2.05) is 6.33 Å². The molecule has 0 N–H and O–H groups in total. The molecule has 122 valence electrons. The fraction of sp³-hybridized carbons (Fsp3) is 0.647. The van der Waals surface area contributed by atoms with Crippen molar-refractivity contribution in [2.75, 3.05) is 6.61 Å². The predicted molar refractivity (Wildman–Crippen MR) is 91.3 cm³/mol. The van der Waals surface area contributed by atoms with Crippen LogP contribution < -0.4 is 0 Å². The van der Waals surface area contributed by atoms with E-state index in [0.29, 0.717) is 5.92 Å². The summed E-state index contributed by atoms with van der Waals surface area (Å²) in [6.07, 6.45) is 4.06. The third-order valence-corrected chi connectivity index (χ3v) is 4.40. The average Bonchev–Trinajstić information content (AvgIpc) is 3.05. The van der Waals surface area contributed by atoms with Gasteiger partial charge in [0.25, 0.3) is 0 Å². The van der Waals surface area contributed by atoms with Gasteiger partial charge in [-0.2, -0.15) is 0 Å². The molecule has 0 saturated carbocycles. The van der Waals surface area contributed by atoms with E-state index in [0.717, 1.165) is 29.5 Å². The van der Waals surface area contributed by atoms with Gasteiger partial charge >= 0.3 is 0 Å². The number of ether oxygens (including phenoxy) is 1. The van der Waals surface area contributed by atoms with Crippen molar-refractivity contribution in [3.8, 4) is 0 Å². The van der Waals surface area contributed by atoms with Crippen LogP contribution in [0.4, 0.5) is 0 Å². The summed E-state index contributed by atoms with van der Waals surface area (Å²) in [4.78, 5) is 9.19. The molecule has 1 unspecified atom stereocenters. The Morgan fingerprint density at radius 1 is 1.27 bits per heavy atom. The van der Waals surface area contributed by atoms with Crippen LogP contribution in [0.25, 0.3) is 0 Å². The number of hydrogen-bond donors (Lipinski definition) is 0. The number of hydrogen-bond acceptors (Lipinski definition) is 4. The first-order chi connectivity index (χ1) is 10.3. The van der Waals surface area contributed by atoms with E-state index in [1.165, 1.54) is 0 Å². The standard InChI is InChI=1S/C17H27N3OS/c1-12(2)9-21-13(3)16-19-14(10-22-16)7-20-8-15(18-11-20)17(4,5)6/h8,10-13H,7,9H2,1-6H3. The lowest BCUT2D eigenvalue weighted by Crippen LogP contribution is -2.11. The predicted octanol–water partition coefficient (Wildman–Crippen LogP) is 4.42. The molecule has 0 saturated heterocycles. The lowest BCUT2D eigenvalue weighted by atomic mass is 9.93. The molecule has 0 bridgehead atoms. The molecular weight excluding hydrogens is 294 g/mol. The Labute approximate surface area is 137 Å². The zero-order valence-electron chi connectivity index (χ0n) is 14.5. The lowest BCUT2D eigenvalue weighted by molar-refractivity contribution is 0.0467. The summed E-state index contributed by atoms with van der Waals surface area (Å²) in [7, 11) is 0. The molecular formula is C17H27N3OS. The van der Waals surface area contributed by atoms with Crippen LogP contribution in [0.3, 0.4) is 0 Å². The largest absolute Gasteiger partial charge is 0.371 e. The Kier molecular flexibility index (Phi) is 5.40. The second-order valence-electron chi connectivity index (χ2n) is 7.23. The molecule has 0 amide bonds. The van der Waals surface area contributed by atoms with Gasteiger partial charge < -0.3 is 9.30 Å². The second-order valence-corrected chi connectivity index (χ2v) is 8.12. The zero-order chi connectivity index (χ0) is 16.3. The summed E-state index contributed by atoms with van der Waals surface area (Å²) >= 11 is 1.67. The highest BCUT2D eigenvalue weighted by Gasteiger charge is 2.17. The Hall–Kier alpha value is -1.20.